The van der Waals surface area contributed by atoms with Crippen LogP contribution in [0.3, 0.4) is 0 Å². The molecule has 1 fully saturated rings. The van der Waals surface area contributed by atoms with Gasteiger partial charge in [0.2, 0.25) is 0 Å². The van der Waals surface area contributed by atoms with Crippen molar-refractivity contribution in [1.29, 1.82) is 0 Å². The predicted molar refractivity (Wildman–Crippen MR) is 117 cm³/mol. The van der Waals surface area contributed by atoms with E-state index in [0.717, 1.165) is 46.4 Å². The first-order valence-corrected chi connectivity index (χ1v) is 10.4. The van der Waals surface area contributed by atoms with Gasteiger partial charge in [-0.15, -0.1) is 0 Å². The van der Waals surface area contributed by atoms with Gasteiger partial charge in [-0.2, -0.15) is 0 Å². The van der Waals surface area contributed by atoms with Gasteiger partial charge in [0.1, 0.15) is 5.82 Å². The third-order valence-electron chi connectivity index (χ3n) is 6.01. The predicted octanol–water partition coefficient (Wildman–Crippen LogP) is 5.58. The number of para-hydroxylation sites is 2. The van der Waals surface area contributed by atoms with Gasteiger partial charge < -0.3 is 10.3 Å². The fourth-order valence-corrected chi connectivity index (χ4v) is 4.48. The number of rotatable bonds is 6. The highest BCUT2D eigenvalue weighted by atomic mass is 16.1. The van der Waals surface area contributed by atoms with Crippen molar-refractivity contribution in [1.82, 2.24) is 15.0 Å². The van der Waals surface area contributed by atoms with Gasteiger partial charge in [-0.3, -0.25) is 4.79 Å². The number of hydrogen-bond acceptors (Lipinski definition) is 4. The number of nitrogens with one attached hydrogen (secondary N) is 2. The molecular formula is C24H24N4O. The van der Waals surface area contributed by atoms with Gasteiger partial charge in [-0.05, 0) is 30.5 Å². The average molecular weight is 384 g/mol. The summed E-state index contributed by atoms with van der Waals surface area (Å²) < 4.78 is 0. The minimum absolute atomic E-state index is 0.547. The molecule has 0 aliphatic heterocycles. The van der Waals surface area contributed by atoms with Gasteiger partial charge in [-0.1, -0.05) is 56.0 Å². The average Bonchev–Trinajstić information content (AvgIpc) is 3.41. The van der Waals surface area contributed by atoms with Crippen LogP contribution in [0.15, 0.2) is 48.5 Å². The molecule has 4 aromatic rings. The first-order valence-electron chi connectivity index (χ1n) is 10.4. The molecule has 0 bridgehead atoms. The summed E-state index contributed by atoms with van der Waals surface area (Å²) in [6.07, 6.45) is 7.46. The van der Waals surface area contributed by atoms with Crippen LogP contribution in [0.5, 0.6) is 0 Å². The summed E-state index contributed by atoms with van der Waals surface area (Å²) in [6, 6.07) is 15.8. The van der Waals surface area contributed by atoms with Crippen LogP contribution >= 0.6 is 0 Å². The fourth-order valence-electron chi connectivity index (χ4n) is 4.48. The highest BCUT2D eigenvalue weighted by Crippen LogP contribution is 2.31. The zero-order valence-corrected chi connectivity index (χ0v) is 16.3. The molecule has 29 heavy (non-hydrogen) atoms. The summed E-state index contributed by atoms with van der Waals surface area (Å²) in [7, 11) is 0. The lowest BCUT2D eigenvalue weighted by atomic mass is 10.0. The maximum atomic E-state index is 11.9. The van der Waals surface area contributed by atoms with E-state index in [1.165, 1.54) is 32.1 Å². The van der Waals surface area contributed by atoms with Crippen molar-refractivity contribution in [3.8, 4) is 11.5 Å². The van der Waals surface area contributed by atoms with E-state index < -0.39 is 0 Å². The number of hydrogen-bond donors (Lipinski definition) is 2. The topological polar surface area (TPSA) is 70.7 Å². The Kier molecular flexibility index (Phi) is 4.72. The summed E-state index contributed by atoms with van der Waals surface area (Å²) in [5.74, 6) is 2.20. The standard InChI is InChI=1S/C24H24N4O/c29-15-19-17-9-3-5-11-20(17)26-22(19)24-27-21-12-6-4-10-18(21)23(28-24)25-14-13-16-7-1-2-8-16/h3-6,9-12,15-16,26H,1-2,7-8,13-14H2,(H,25,27,28). The molecule has 146 valence electrons. The van der Waals surface area contributed by atoms with Crippen molar-refractivity contribution in [2.45, 2.75) is 32.1 Å². The maximum Gasteiger partial charge on any atom is 0.179 e. The monoisotopic (exact) mass is 384 g/mol. The Labute approximate surface area is 169 Å². The molecule has 0 amide bonds. The molecule has 5 heteroatoms. The Morgan fingerprint density at radius 1 is 1.00 bits per heavy atom. The summed E-state index contributed by atoms with van der Waals surface area (Å²) in [5, 5.41) is 5.44. The molecule has 1 aliphatic carbocycles. The SMILES string of the molecule is O=Cc1c(-c2nc(NCCC3CCCC3)c3ccccc3n2)[nH]c2ccccc12. The van der Waals surface area contributed by atoms with Crippen LogP contribution in [-0.4, -0.2) is 27.8 Å². The molecule has 2 heterocycles. The van der Waals surface area contributed by atoms with Crippen molar-refractivity contribution in [2.24, 2.45) is 5.92 Å². The van der Waals surface area contributed by atoms with Gasteiger partial charge in [0.05, 0.1) is 16.8 Å². The minimum atomic E-state index is 0.547. The normalized spacial score (nSPS) is 14.6. The number of aromatic amines is 1. The van der Waals surface area contributed by atoms with E-state index in [4.69, 9.17) is 9.97 Å². The Bertz CT molecular complexity index is 1170. The summed E-state index contributed by atoms with van der Waals surface area (Å²) >= 11 is 0. The number of aromatic nitrogens is 3. The Morgan fingerprint density at radius 3 is 2.59 bits per heavy atom. The number of fused-ring (bicyclic) bond motifs is 2. The van der Waals surface area contributed by atoms with Gasteiger partial charge >= 0.3 is 0 Å². The summed E-state index contributed by atoms with van der Waals surface area (Å²) in [5.41, 5.74) is 3.06. The van der Waals surface area contributed by atoms with Crippen LogP contribution < -0.4 is 5.32 Å². The second-order valence-electron chi connectivity index (χ2n) is 7.86. The van der Waals surface area contributed by atoms with Gasteiger partial charge in [0.25, 0.3) is 0 Å². The Balaban J connectivity index is 1.55. The lowest BCUT2D eigenvalue weighted by Gasteiger charge is -2.13. The van der Waals surface area contributed by atoms with E-state index in [2.05, 4.69) is 10.3 Å². The van der Waals surface area contributed by atoms with Crippen LogP contribution in [0.25, 0.3) is 33.3 Å². The Hall–Kier alpha value is -3.21. The highest BCUT2D eigenvalue weighted by molar-refractivity contribution is 6.04. The molecule has 2 aromatic carbocycles. The van der Waals surface area contributed by atoms with E-state index in [1.807, 2.05) is 48.5 Å². The number of carbonyl (C=O) groups is 1. The second kappa shape index (κ2) is 7.66. The molecule has 2 N–H and O–H groups in total. The molecule has 0 spiro atoms. The third kappa shape index (κ3) is 3.37. The number of nitrogens with zero attached hydrogens (tertiary/aromatic N) is 2. The molecule has 0 saturated heterocycles. The quantitative estimate of drug-likeness (QED) is 0.426. The fraction of sp³-hybridized carbons (Fsp3) is 0.292. The van der Waals surface area contributed by atoms with Crippen molar-refractivity contribution in [3.63, 3.8) is 0 Å². The first kappa shape index (κ1) is 17.9. The van der Waals surface area contributed by atoms with Crippen LogP contribution in [0.2, 0.25) is 0 Å². The Morgan fingerprint density at radius 2 is 1.76 bits per heavy atom. The van der Waals surface area contributed by atoms with Crippen LogP contribution in [0.1, 0.15) is 42.5 Å². The van der Waals surface area contributed by atoms with Crippen molar-refractivity contribution in [3.05, 3.63) is 54.1 Å². The van der Waals surface area contributed by atoms with Gasteiger partial charge in [0, 0.05) is 22.8 Å². The van der Waals surface area contributed by atoms with Crippen LogP contribution in [0, 0.1) is 5.92 Å². The molecule has 2 aromatic heterocycles. The minimum Gasteiger partial charge on any atom is -0.369 e. The molecule has 0 radical (unpaired) electrons. The molecule has 1 saturated carbocycles. The van der Waals surface area contributed by atoms with Crippen molar-refractivity contribution < 1.29 is 4.79 Å². The number of benzene rings is 2. The zero-order valence-electron chi connectivity index (χ0n) is 16.3. The lowest BCUT2D eigenvalue weighted by molar-refractivity contribution is 0.112. The first-order chi connectivity index (χ1) is 14.3. The van der Waals surface area contributed by atoms with Crippen LogP contribution in [0.4, 0.5) is 5.82 Å². The zero-order chi connectivity index (χ0) is 19.6. The number of anilines is 1. The summed E-state index contributed by atoms with van der Waals surface area (Å²) in [6.45, 7) is 0.901. The number of aldehydes is 1. The van der Waals surface area contributed by atoms with E-state index in [0.29, 0.717) is 17.1 Å². The van der Waals surface area contributed by atoms with Gasteiger partial charge in [-0.25, -0.2) is 9.97 Å². The van der Waals surface area contributed by atoms with Crippen molar-refractivity contribution in [2.75, 3.05) is 11.9 Å². The van der Waals surface area contributed by atoms with E-state index in [1.54, 1.807) is 0 Å². The van der Waals surface area contributed by atoms with E-state index in [9.17, 15) is 4.79 Å². The lowest BCUT2D eigenvalue weighted by Crippen LogP contribution is -2.09. The van der Waals surface area contributed by atoms with E-state index >= 15 is 0 Å². The molecule has 1 aliphatic rings. The molecule has 5 nitrogen and oxygen atoms in total. The van der Waals surface area contributed by atoms with Gasteiger partial charge in [0.15, 0.2) is 12.1 Å². The molecule has 0 atom stereocenters. The third-order valence-corrected chi connectivity index (χ3v) is 6.01. The smallest absolute Gasteiger partial charge is 0.179 e. The molecule has 0 unspecified atom stereocenters. The van der Waals surface area contributed by atoms with Crippen molar-refractivity contribution >= 4 is 33.9 Å². The second-order valence-corrected chi connectivity index (χ2v) is 7.86. The maximum absolute atomic E-state index is 11.9. The highest BCUT2D eigenvalue weighted by Gasteiger charge is 2.18. The molecule has 5 rings (SSSR count). The molecular weight excluding hydrogens is 360 g/mol. The largest absolute Gasteiger partial charge is 0.369 e. The number of H-pyrrole nitrogens is 1. The summed E-state index contributed by atoms with van der Waals surface area (Å²) in [4.78, 5) is 24.8. The van der Waals surface area contributed by atoms with Crippen LogP contribution in [-0.2, 0) is 0 Å². The van der Waals surface area contributed by atoms with E-state index in [-0.39, 0.29) is 0 Å². The number of carbonyl (C=O) groups excluding carboxylic acids is 1.